The van der Waals surface area contributed by atoms with Crippen molar-refractivity contribution >= 4 is 23.1 Å². The van der Waals surface area contributed by atoms with Crippen molar-refractivity contribution in [2.75, 3.05) is 34.4 Å². The fourth-order valence-corrected chi connectivity index (χ4v) is 6.63. The molecule has 0 amide bonds. The predicted octanol–water partition coefficient (Wildman–Crippen LogP) is 2.39. The maximum atomic E-state index is 11.9. The lowest BCUT2D eigenvalue weighted by molar-refractivity contribution is -0.134. The van der Waals surface area contributed by atoms with Crippen LogP contribution in [0.5, 0.6) is 0 Å². The van der Waals surface area contributed by atoms with Crippen LogP contribution in [0.4, 0.5) is 0 Å². The highest BCUT2D eigenvalue weighted by Gasteiger charge is 2.37. The number of hydrogen-bond acceptors (Lipinski definition) is 6. The molecule has 0 aromatic heterocycles. The molecule has 0 aliphatic rings. The zero-order valence-electron chi connectivity index (χ0n) is 15.0. The topological polar surface area (TPSA) is 66.0 Å². The van der Waals surface area contributed by atoms with E-state index in [2.05, 4.69) is 26.1 Å². The molecule has 0 saturated heterocycles. The van der Waals surface area contributed by atoms with E-state index in [1.54, 1.807) is 21.3 Å². The third-order valence-electron chi connectivity index (χ3n) is 4.30. The summed E-state index contributed by atoms with van der Waals surface area (Å²) in [6.45, 7) is 7.31. The van der Waals surface area contributed by atoms with Gasteiger partial charge in [-0.2, -0.15) is 0 Å². The molecule has 0 aliphatic carbocycles. The summed E-state index contributed by atoms with van der Waals surface area (Å²) in [7, 11) is 0.478. The lowest BCUT2D eigenvalue weighted by Crippen LogP contribution is -2.43. The van der Waals surface area contributed by atoms with Crippen LogP contribution in [-0.2, 0) is 22.5 Å². The van der Waals surface area contributed by atoms with E-state index in [1.807, 2.05) is 0 Å². The predicted molar refractivity (Wildman–Crippen MR) is 92.4 cm³/mol. The molecule has 0 aromatic carbocycles. The Hall–Kier alpha value is -0.256. The van der Waals surface area contributed by atoms with Gasteiger partial charge in [-0.3, -0.25) is 4.79 Å². The number of nitrogens with one attached hydrogen (secondary N) is 1. The Morgan fingerprint density at radius 1 is 0.955 bits per heavy atom. The Morgan fingerprint density at radius 3 is 1.86 bits per heavy atom. The van der Waals surface area contributed by atoms with Crippen molar-refractivity contribution < 1.29 is 22.5 Å². The van der Waals surface area contributed by atoms with Crippen LogP contribution in [0, 0.1) is 0 Å². The van der Waals surface area contributed by atoms with Crippen molar-refractivity contribution in [1.29, 1.82) is 0 Å². The zero-order valence-corrected chi connectivity index (χ0v) is 17.0. The van der Waals surface area contributed by atoms with Crippen molar-refractivity contribution in [2.45, 2.75) is 51.4 Å². The minimum Gasteiger partial charge on any atom is -0.518 e. The van der Waals surface area contributed by atoms with E-state index in [4.69, 9.17) is 17.7 Å². The minimum absolute atomic E-state index is 0.133. The molecule has 0 saturated carbocycles. The molecule has 6 nitrogen and oxygen atoms in total. The summed E-state index contributed by atoms with van der Waals surface area (Å²) in [5.74, 6) is -0.133. The molecule has 8 heteroatoms. The van der Waals surface area contributed by atoms with Gasteiger partial charge in [-0.1, -0.05) is 20.8 Å². The first-order chi connectivity index (χ1) is 10.5. The monoisotopic (exact) mass is 351 g/mol. The van der Waals surface area contributed by atoms with Gasteiger partial charge in [0.1, 0.15) is 0 Å². The summed E-state index contributed by atoms with van der Waals surface area (Å²) >= 11 is 0. The first kappa shape index (κ1) is 21.7. The molecule has 0 heterocycles. The molecular formula is C14H33NO5Si2. The van der Waals surface area contributed by atoms with Gasteiger partial charge in [0, 0.05) is 27.4 Å². The molecule has 132 valence electrons. The van der Waals surface area contributed by atoms with Crippen LogP contribution < -0.4 is 5.32 Å². The maximum absolute atomic E-state index is 11.9. The fourth-order valence-electron chi connectivity index (χ4n) is 2.42. The van der Waals surface area contributed by atoms with E-state index >= 15 is 0 Å². The molecule has 0 spiro atoms. The van der Waals surface area contributed by atoms with E-state index in [0.717, 1.165) is 30.6 Å². The largest absolute Gasteiger partial charge is 0.518 e. The van der Waals surface area contributed by atoms with Gasteiger partial charge in [0.05, 0.1) is 6.54 Å². The van der Waals surface area contributed by atoms with E-state index in [9.17, 15) is 4.79 Å². The summed E-state index contributed by atoms with van der Waals surface area (Å²) < 4.78 is 21.8. The Kier molecular flexibility index (Phi) is 11.2. The molecular weight excluding hydrogens is 318 g/mol. The third kappa shape index (κ3) is 6.88. The van der Waals surface area contributed by atoms with E-state index < -0.39 is 17.1 Å². The standard InChI is InChI=1S/C14H33NO5Si2/c1-7-21(8-2,9-3)20-14(16)13-15-11-10-12-22(17-4,18-5)19-6/h15H,7-13H2,1-6H3. The quantitative estimate of drug-likeness (QED) is 0.406. The highest BCUT2D eigenvalue weighted by Crippen LogP contribution is 2.21. The molecule has 0 rings (SSSR count). The Bertz CT molecular complexity index is 293. The second-order valence-electron chi connectivity index (χ2n) is 5.29. The highest BCUT2D eigenvalue weighted by molar-refractivity contribution is 6.74. The average molecular weight is 352 g/mol. The van der Waals surface area contributed by atoms with Gasteiger partial charge >= 0.3 is 14.8 Å². The molecule has 0 fully saturated rings. The van der Waals surface area contributed by atoms with E-state index in [0.29, 0.717) is 6.54 Å². The number of carbonyl (C=O) groups is 1. The van der Waals surface area contributed by atoms with Crippen LogP contribution in [0.2, 0.25) is 24.2 Å². The zero-order chi connectivity index (χ0) is 17.1. The molecule has 0 radical (unpaired) electrons. The van der Waals surface area contributed by atoms with Crippen molar-refractivity contribution in [3.05, 3.63) is 0 Å². The smallest absolute Gasteiger partial charge is 0.500 e. The van der Waals surface area contributed by atoms with Crippen LogP contribution >= 0.6 is 0 Å². The summed E-state index contributed by atoms with van der Waals surface area (Å²) in [4.78, 5) is 11.9. The highest BCUT2D eigenvalue weighted by atomic mass is 28.4. The van der Waals surface area contributed by atoms with Gasteiger partial charge in [-0.15, -0.1) is 0 Å². The number of rotatable bonds is 13. The molecule has 0 bridgehead atoms. The van der Waals surface area contributed by atoms with Crippen LogP contribution in [0.3, 0.4) is 0 Å². The second-order valence-corrected chi connectivity index (χ2v) is 13.1. The van der Waals surface area contributed by atoms with Crippen molar-refractivity contribution in [3.8, 4) is 0 Å². The van der Waals surface area contributed by atoms with Gasteiger partial charge in [-0.05, 0) is 31.1 Å². The van der Waals surface area contributed by atoms with Crippen LogP contribution in [0.25, 0.3) is 0 Å². The summed E-state index contributed by atoms with van der Waals surface area (Å²) in [5, 5.41) is 3.13. The first-order valence-electron chi connectivity index (χ1n) is 8.05. The molecule has 0 aliphatic heterocycles. The minimum atomic E-state index is -2.50. The van der Waals surface area contributed by atoms with E-state index in [-0.39, 0.29) is 12.5 Å². The fraction of sp³-hybridized carbons (Fsp3) is 0.929. The van der Waals surface area contributed by atoms with Gasteiger partial charge in [0.2, 0.25) is 0 Å². The summed E-state index contributed by atoms with van der Waals surface area (Å²) in [5.41, 5.74) is 0. The number of hydrogen-bond donors (Lipinski definition) is 1. The van der Waals surface area contributed by atoms with Crippen molar-refractivity contribution in [1.82, 2.24) is 5.32 Å². The normalized spacial score (nSPS) is 12.5. The lowest BCUT2D eigenvalue weighted by Gasteiger charge is -2.27. The molecule has 1 N–H and O–H groups in total. The van der Waals surface area contributed by atoms with Gasteiger partial charge < -0.3 is 23.0 Å². The maximum Gasteiger partial charge on any atom is 0.500 e. The van der Waals surface area contributed by atoms with Gasteiger partial charge in [-0.25, -0.2) is 0 Å². The number of carbonyl (C=O) groups excluding carboxylic acids is 1. The summed E-state index contributed by atoms with van der Waals surface area (Å²) in [6, 6.07) is 3.66. The van der Waals surface area contributed by atoms with Gasteiger partial charge in [0.15, 0.2) is 0 Å². The van der Waals surface area contributed by atoms with Gasteiger partial charge in [0.25, 0.3) is 8.32 Å². The Balaban J connectivity index is 4.04. The lowest BCUT2D eigenvalue weighted by atomic mass is 10.5. The first-order valence-corrected chi connectivity index (χ1v) is 12.5. The second kappa shape index (κ2) is 11.3. The van der Waals surface area contributed by atoms with Crippen LogP contribution in [-0.4, -0.2) is 57.5 Å². The summed E-state index contributed by atoms with van der Waals surface area (Å²) in [6.07, 6.45) is 0.826. The average Bonchev–Trinajstić information content (AvgIpc) is 2.56. The van der Waals surface area contributed by atoms with Crippen LogP contribution in [0.1, 0.15) is 27.2 Å². The molecule has 22 heavy (non-hydrogen) atoms. The third-order valence-corrected chi connectivity index (χ3v) is 11.7. The molecule has 0 aromatic rings. The molecule has 0 atom stereocenters. The van der Waals surface area contributed by atoms with Crippen molar-refractivity contribution in [3.63, 3.8) is 0 Å². The SMILES string of the molecule is CC[Si](CC)(CC)OC(=O)CNCCC[Si](OC)(OC)OC. The van der Waals surface area contributed by atoms with Crippen LogP contribution in [0.15, 0.2) is 0 Å². The Labute approximate surface area is 137 Å². The molecule has 0 unspecified atom stereocenters. The Morgan fingerprint density at radius 2 is 1.45 bits per heavy atom. The van der Waals surface area contributed by atoms with E-state index in [1.165, 1.54) is 0 Å². The van der Waals surface area contributed by atoms with Crippen molar-refractivity contribution in [2.24, 2.45) is 0 Å².